The summed E-state index contributed by atoms with van der Waals surface area (Å²) in [6.45, 7) is 3.79. The molecule has 1 rings (SSSR count). The number of nitrogens with zero attached hydrogens (tertiary/aromatic N) is 1. The molecule has 0 aromatic carbocycles. The summed E-state index contributed by atoms with van der Waals surface area (Å²) >= 11 is 3.13. The quantitative estimate of drug-likeness (QED) is 0.546. The number of esters is 1. The van der Waals surface area contributed by atoms with Gasteiger partial charge in [-0.3, -0.25) is 9.59 Å². The molecule has 6 nitrogen and oxygen atoms in total. The molecule has 21 heavy (non-hydrogen) atoms. The van der Waals surface area contributed by atoms with Crippen molar-refractivity contribution in [1.82, 2.24) is 10.2 Å². The summed E-state index contributed by atoms with van der Waals surface area (Å²) < 4.78 is 4.72. The number of thioether (sulfide) groups is 2. The summed E-state index contributed by atoms with van der Waals surface area (Å²) in [5.74, 6) is 0.493. The maximum Gasteiger partial charge on any atom is 0.328 e. The minimum absolute atomic E-state index is 0.309. The first-order chi connectivity index (χ1) is 9.87. The van der Waals surface area contributed by atoms with E-state index in [1.807, 2.05) is 20.1 Å². The molecule has 0 bridgehead atoms. The van der Waals surface area contributed by atoms with Crippen LogP contribution in [0.15, 0.2) is 0 Å². The summed E-state index contributed by atoms with van der Waals surface area (Å²) in [5.41, 5.74) is 0. The number of hydrogen-bond donors (Lipinski definition) is 1. The molecule has 1 aliphatic heterocycles. The van der Waals surface area contributed by atoms with Gasteiger partial charge in [-0.2, -0.15) is 11.8 Å². The number of carbonyl (C=O) groups excluding carboxylic acids is 3. The van der Waals surface area contributed by atoms with Crippen LogP contribution < -0.4 is 5.32 Å². The summed E-state index contributed by atoms with van der Waals surface area (Å²) in [6, 6.07) is -1.22. The second-order valence-corrected chi connectivity index (χ2v) is 7.76. The van der Waals surface area contributed by atoms with E-state index in [0.29, 0.717) is 18.6 Å². The number of nitrogens with one attached hydrogen (secondary N) is 1. The van der Waals surface area contributed by atoms with Crippen molar-refractivity contribution >= 4 is 41.8 Å². The Morgan fingerprint density at radius 1 is 1.57 bits per heavy atom. The largest absolute Gasteiger partial charge is 0.467 e. The van der Waals surface area contributed by atoms with Crippen LogP contribution in [0.4, 0.5) is 0 Å². The second kappa shape index (κ2) is 7.93. The molecule has 0 unspecified atom stereocenters. The van der Waals surface area contributed by atoms with Crippen LogP contribution in [0.1, 0.15) is 20.3 Å². The van der Waals surface area contributed by atoms with Gasteiger partial charge in [0.25, 0.3) is 0 Å². The first-order valence-electron chi connectivity index (χ1n) is 6.62. The molecule has 2 amide bonds. The molecule has 0 aromatic heterocycles. The predicted molar refractivity (Wildman–Crippen MR) is 85.2 cm³/mol. The van der Waals surface area contributed by atoms with E-state index in [-0.39, 0.29) is 5.91 Å². The number of carbonyl (C=O) groups is 3. The minimum atomic E-state index is -0.669. The molecular weight excluding hydrogens is 312 g/mol. The van der Waals surface area contributed by atoms with Gasteiger partial charge < -0.3 is 15.0 Å². The van der Waals surface area contributed by atoms with Crippen molar-refractivity contribution in [2.24, 2.45) is 0 Å². The molecule has 0 aromatic rings. The van der Waals surface area contributed by atoms with Crippen LogP contribution in [-0.4, -0.2) is 65.0 Å². The van der Waals surface area contributed by atoms with E-state index >= 15 is 0 Å². The highest BCUT2D eigenvalue weighted by Gasteiger charge is 2.43. The smallest absolute Gasteiger partial charge is 0.328 e. The fraction of sp³-hybridized carbons (Fsp3) is 0.769. The Morgan fingerprint density at radius 3 is 2.76 bits per heavy atom. The maximum absolute atomic E-state index is 12.4. The first-order valence-corrected chi connectivity index (χ1v) is 9.00. The zero-order valence-electron chi connectivity index (χ0n) is 12.8. The molecule has 1 aliphatic rings. The molecule has 8 heteroatoms. The number of amides is 2. The molecule has 1 saturated heterocycles. The molecule has 1 fully saturated rings. The monoisotopic (exact) mass is 334 g/mol. The van der Waals surface area contributed by atoms with Crippen LogP contribution in [0.3, 0.4) is 0 Å². The first kappa shape index (κ1) is 18.2. The van der Waals surface area contributed by atoms with Gasteiger partial charge in [-0.15, -0.1) is 11.8 Å². The van der Waals surface area contributed by atoms with Crippen LogP contribution in [0, 0.1) is 0 Å². The van der Waals surface area contributed by atoms with Crippen molar-refractivity contribution in [3.63, 3.8) is 0 Å². The third kappa shape index (κ3) is 4.54. The van der Waals surface area contributed by atoms with E-state index < -0.39 is 22.9 Å². The Hall–Kier alpha value is -0.890. The van der Waals surface area contributed by atoms with Crippen molar-refractivity contribution < 1.29 is 19.1 Å². The van der Waals surface area contributed by atoms with Crippen molar-refractivity contribution in [2.45, 2.75) is 37.2 Å². The molecule has 0 saturated carbocycles. The van der Waals surface area contributed by atoms with Crippen LogP contribution in [0.25, 0.3) is 0 Å². The standard InChI is InChI=1S/C13H22N2O4S2/c1-13(2)15(8-16)10(7-21-13)11(17)14-9(5-6-20-4)12(18)19-3/h8-10H,5-7H2,1-4H3,(H,14,17)/t9-,10-/m0/s1. The number of rotatable bonds is 7. The topological polar surface area (TPSA) is 75.7 Å². The summed E-state index contributed by atoms with van der Waals surface area (Å²) in [5, 5.41) is 2.71. The highest BCUT2D eigenvalue weighted by Crippen LogP contribution is 2.37. The number of methoxy groups -OCH3 is 1. The Balaban J connectivity index is 2.73. The zero-order chi connectivity index (χ0) is 16.0. The van der Waals surface area contributed by atoms with Crippen molar-refractivity contribution in [1.29, 1.82) is 0 Å². The van der Waals surface area contributed by atoms with Gasteiger partial charge in [0.2, 0.25) is 12.3 Å². The van der Waals surface area contributed by atoms with Gasteiger partial charge in [-0.25, -0.2) is 4.79 Å². The molecular formula is C13H22N2O4S2. The van der Waals surface area contributed by atoms with Gasteiger partial charge in [-0.05, 0) is 32.3 Å². The average Bonchev–Trinajstić information content (AvgIpc) is 2.76. The molecule has 1 heterocycles. The molecule has 0 spiro atoms. The van der Waals surface area contributed by atoms with E-state index in [2.05, 4.69) is 5.32 Å². The Kier molecular flexibility index (Phi) is 6.86. The lowest BCUT2D eigenvalue weighted by atomic mass is 10.1. The van der Waals surface area contributed by atoms with Crippen molar-refractivity contribution in [2.75, 3.05) is 24.9 Å². The van der Waals surface area contributed by atoms with Gasteiger partial charge in [0.05, 0.1) is 12.0 Å². The van der Waals surface area contributed by atoms with Crippen LogP contribution in [-0.2, 0) is 19.1 Å². The van der Waals surface area contributed by atoms with Crippen molar-refractivity contribution in [3.8, 4) is 0 Å². The van der Waals surface area contributed by atoms with E-state index in [9.17, 15) is 14.4 Å². The lowest BCUT2D eigenvalue weighted by Crippen LogP contribution is -2.53. The molecule has 1 N–H and O–H groups in total. The fourth-order valence-electron chi connectivity index (χ4n) is 2.11. The molecule has 2 atom stereocenters. The van der Waals surface area contributed by atoms with Gasteiger partial charge in [-0.1, -0.05) is 0 Å². The highest BCUT2D eigenvalue weighted by molar-refractivity contribution is 8.00. The lowest BCUT2D eigenvalue weighted by molar-refractivity contribution is -0.146. The fourth-order valence-corrected chi connectivity index (χ4v) is 3.78. The Morgan fingerprint density at radius 2 is 2.24 bits per heavy atom. The van der Waals surface area contributed by atoms with Crippen LogP contribution in [0.2, 0.25) is 0 Å². The summed E-state index contributed by atoms with van der Waals surface area (Å²) in [6.07, 6.45) is 3.13. The van der Waals surface area contributed by atoms with Crippen LogP contribution >= 0.6 is 23.5 Å². The minimum Gasteiger partial charge on any atom is -0.467 e. The number of ether oxygens (including phenoxy) is 1. The van der Waals surface area contributed by atoms with Gasteiger partial charge in [0.1, 0.15) is 12.1 Å². The second-order valence-electron chi connectivity index (χ2n) is 5.15. The summed E-state index contributed by atoms with van der Waals surface area (Å²) in [4.78, 5) is 36.4. The molecule has 120 valence electrons. The summed E-state index contributed by atoms with van der Waals surface area (Å²) in [7, 11) is 1.30. The Bertz CT molecular complexity index is 404. The van der Waals surface area contributed by atoms with E-state index in [4.69, 9.17) is 4.74 Å². The third-order valence-corrected chi connectivity index (χ3v) is 5.42. The predicted octanol–water partition coefficient (Wildman–Crippen LogP) is 0.707. The van der Waals surface area contributed by atoms with Gasteiger partial charge >= 0.3 is 5.97 Å². The molecule has 0 radical (unpaired) electrons. The van der Waals surface area contributed by atoms with Gasteiger partial charge in [0, 0.05) is 5.75 Å². The normalized spacial score (nSPS) is 21.7. The Labute approximate surface area is 133 Å². The van der Waals surface area contributed by atoms with Gasteiger partial charge in [0.15, 0.2) is 0 Å². The third-order valence-electron chi connectivity index (χ3n) is 3.38. The number of hydrogen-bond acceptors (Lipinski definition) is 6. The molecule has 0 aliphatic carbocycles. The average molecular weight is 334 g/mol. The highest BCUT2D eigenvalue weighted by atomic mass is 32.2. The SMILES string of the molecule is COC(=O)[C@H](CCSC)NC(=O)[C@@H]1CSC(C)(C)N1C=O. The van der Waals surface area contributed by atoms with E-state index in [0.717, 1.165) is 5.75 Å². The lowest BCUT2D eigenvalue weighted by Gasteiger charge is -2.30. The zero-order valence-corrected chi connectivity index (χ0v) is 14.4. The van der Waals surface area contributed by atoms with E-state index in [1.165, 1.54) is 12.0 Å². The van der Waals surface area contributed by atoms with Crippen LogP contribution in [0.5, 0.6) is 0 Å². The van der Waals surface area contributed by atoms with E-state index in [1.54, 1.807) is 23.5 Å². The van der Waals surface area contributed by atoms with Crippen molar-refractivity contribution in [3.05, 3.63) is 0 Å². The maximum atomic E-state index is 12.4.